The second-order valence-corrected chi connectivity index (χ2v) is 3.86. The van der Waals surface area contributed by atoms with Gasteiger partial charge in [-0.2, -0.15) is 0 Å². The van der Waals surface area contributed by atoms with Gasteiger partial charge < -0.3 is 10.1 Å². The van der Waals surface area contributed by atoms with Gasteiger partial charge in [-0.25, -0.2) is 0 Å². The Morgan fingerprint density at radius 1 is 1.36 bits per heavy atom. The van der Waals surface area contributed by atoms with E-state index in [9.17, 15) is 4.79 Å². The van der Waals surface area contributed by atoms with Crippen molar-refractivity contribution >= 4 is 11.6 Å². The predicted molar refractivity (Wildman–Crippen MR) is 52.4 cm³/mol. The third-order valence-electron chi connectivity index (χ3n) is 2.53. The van der Waals surface area contributed by atoms with Crippen LogP contribution in [-0.4, -0.2) is 12.0 Å². The van der Waals surface area contributed by atoms with E-state index < -0.39 is 0 Å². The highest BCUT2D eigenvalue weighted by molar-refractivity contribution is 5.99. The number of rotatable bonds is 2. The summed E-state index contributed by atoms with van der Waals surface area (Å²) in [4.78, 5) is 11.1. The van der Waals surface area contributed by atoms with Gasteiger partial charge in [0, 0.05) is 11.8 Å². The first-order chi connectivity index (χ1) is 6.81. The maximum atomic E-state index is 11.1. The molecule has 1 aromatic rings. The number of carbonyl (C=O) groups excluding carboxylic acids is 1. The molecular weight excluding hydrogens is 178 g/mol. The Balaban J connectivity index is 1.87. The number of ether oxygens (including phenoxy) is 1. The van der Waals surface area contributed by atoms with Crippen LogP contribution >= 0.6 is 0 Å². The average molecular weight is 189 g/mol. The Kier molecular flexibility index (Phi) is 1.54. The highest BCUT2D eigenvalue weighted by atomic mass is 16.5. The monoisotopic (exact) mass is 189 g/mol. The summed E-state index contributed by atoms with van der Waals surface area (Å²) in [5.41, 5.74) is 1.98. The minimum Gasteiger partial charge on any atom is -0.490 e. The van der Waals surface area contributed by atoms with Crippen molar-refractivity contribution in [2.45, 2.75) is 25.4 Å². The zero-order valence-corrected chi connectivity index (χ0v) is 7.75. The molecule has 0 bridgehead atoms. The highest BCUT2D eigenvalue weighted by Crippen LogP contribution is 2.31. The lowest BCUT2D eigenvalue weighted by Crippen LogP contribution is -2.03. The fourth-order valence-corrected chi connectivity index (χ4v) is 1.65. The molecule has 0 radical (unpaired) electrons. The average Bonchev–Trinajstić information content (AvgIpc) is 2.86. The quantitative estimate of drug-likeness (QED) is 0.769. The summed E-state index contributed by atoms with van der Waals surface area (Å²) >= 11 is 0. The zero-order valence-electron chi connectivity index (χ0n) is 7.75. The highest BCUT2D eigenvalue weighted by Gasteiger charge is 2.24. The van der Waals surface area contributed by atoms with Crippen molar-refractivity contribution in [3.8, 4) is 5.75 Å². The molecule has 72 valence electrons. The van der Waals surface area contributed by atoms with Crippen LogP contribution < -0.4 is 10.1 Å². The molecule has 14 heavy (non-hydrogen) atoms. The van der Waals surface area contributed by atoms with Crippen LogP contribution in [0.25, 0.3) is 0 Å². The van der Waals surface area contributed by atoms with Crippen LogP contribution in [0.3, 0.4) is 0 Å². The van der Waals surface area contributed by atoms with Crippen LogP contribution in [0.1, 0.15) is 18.4 Å². The van der Waals surface area contributed by atoms with E-state index in [0.717, 1.165) is 29.8 Å². The Hall–Kier alpha value is -1.51. The van der Waals surface area contributed by atoms with Gasteiger partial charge in [0.25, 0.3) is 0 Å². The van der Waals surface area contributed by atoms with E-state index in [0.29, 0.717) is 12.5 Å². The van der Waals surface area contributed by atoms with Gasteiger partial charge >= 0.3 is 0 Å². The number of carbonyl (C=O) groups is 1. The molecular formula is C11H11NO2. The molecule has 1 aliphatic heterocycles. The molecule has 1 fully saturated rings. The fraction of sp³-hybridized carbons (Fsp3) is 0.364. The van der Waals surface area contributed by atoms with E-state index in [1.807, 2.05) is 18.2 Å². The van der Waals surface area contributed by atoms with Gasteiger partial charge in [-0.05, 0) is 24.5 Å². The number of anilines is 1. The summed E-state index contributed by atoms with van der Waals surface area (Å²) in [6.07, 6.45) is 3.22. The second-order valence-electron chi connectivity index (χ2n) is 3.86. The van der Waals surface area contributed by atoms with Crippen LogP contribution in [0, 0.1) is 0 Å². The first-order valence-electron chi connectivity index (χ1n) is 4.91. The minimum absolute atomic E-state index is 0.0728. The Bertz CT molecular complexity index is 396. The third kappa shape index (κ3) is 1.35. The van der Waals surface area contributed by atoms with E-state index in [-0.39, 0.29) is 5.91 Å². The van der Waals surface area contributed by atoms with Gasteiger partial charge in [-0.3, -0.25) is 4.79 Å². The van der Waals surface area contributed by atoms with Gasteiger partial charge in [-0.15, -0.1) is 0 Å². The molecule has 1 aliphatic carbocycles. The van der Waals surface area contributed by atoms with Crippen LogP contribution in [0.5, 0.6) is 5.75 Å². The lowest BCUT2D eigenvalue weighted by molar-refractivity contribution is -0.115. The van der Waals surface area contributed by atoms with Crippen molar-refractivity contribution in [1.29, 1.82) is 0 Å². The topological polar surface area (TPSA) is 38.3 Å². The Morgan fingerprint density at radius 3 is 3.00 bits per heavy atom. The molecule has 1 aromatic carbocycles. The van der Waals surface area contributed by atoms with Gasteiger partial charge in [0.1, 0.15) is 5.75 Å². The molecule has 1 amide bonds. The normalized spacial score (nSPS) is 19.0. The molecule has 1 N–H and O–H groups in total. The lowest BCUT2D eigenvalue weighted by Gasteiger charge is -2.05. The summed E-state index contributed by atoms with van der Waals surface area (Å²) in [5.74, 6) is 0.942. The van der Waals surface area contributed by atoms with E-state index in [1.165, 1.54) is 0 Å². The standard InChI is InChI=1S/C11H11NO2/c13-11-5-7-1-2-9(6-10(7)12-11)14-8-3-4-8/h1-2,6,8H,3-5H2,(H,12,13). The second kappa shape index (κ2) is 2.74. The summed E-state index contributed by atoms with van der Waals surface area (Å²) < 4.78 is 5.63. The van der Waals surface area contributed by atoms with E-state index in [1.54, 1.807) is 0 Å². The SMILES string of the molecule is O=C1Cc2ccc(OC3CC3)cc2N1. The van der Waals surface area contributed by atoms with Crippen molar-refractivity contribution in [1.82, 2.24) is 0 Å². The Labute approximate surface area is 82.1 Å². The fourth-order valence-electron chi connectivity index (χ4n) is 1.65. The third-order valence-corrected chi connectivity index (χ3v) is 2.53. The molecule has 0 spiro atoms. The van der Waals surface area contributed by atoms with Crippen molar-refractivity contribution in [2.75, 3.05) is 5.32 Å². The molecule has 3 rings (SSSR count). The molecule has 1 saturated carbocycles. The molecule has 3 nitrogen and oxygen atoms in total. The predicted octanol–water partition coefficient (Wildman–Crippen LogP) is 1.72. The smallest absolute Gasteiger partial charge is 0.228 e. The maximum Gasteiger partial charge on any atom is 0.228 e. The van der Waals surface area contributed by atoms with Crippen molar-refractivity contribution in [2.24, 2.45) is 0 Å². The van der Waals surface area contributed by atoms with E-state index >= 15 is 0 Å². The maximum absolute atomic E-state index is 11.1. The summed E-state index contributed by atoms with van der Waals surface area (Å²) in [6.45, 7) is 0. The number of hydrogen-bond acceptors (Lipinski definition) is 2. The summed E-state index contributed by atoms with van der Waals surface area (Å²) in [6, 6.07) is 5.82. The van der Waals surface area contributed by atoms with Gasteiger partial charge in [0.05, 0.1) is 12.5 Å². The molecule has 0 aromatic heterocycles. The number of nitrogens with one attached hydrogen (secondary N) is 1. The summed E-state index contributed by atoms with van der Waals surface area (Å²) in [7, 11) is 0. The van der Waals surface area contributed by atoms with Gasteiger partial charge in [-0.1, -0.05) is 6.07 Å². The lowest BCUT2D eigenvalue weighted by atomic mass is 10.1. The first kappa shape index (κ1) is 7.85. The van der Waals surface area contributed by atoms with E-state index in [4.69, 9.17) is 4.74 Å². The van der Waals surface area contributed by atoms with Crippen molar-refractivity contribution in [3.63, 3.8) is 0 Å². The van der Waals surface area contributed by atoms with Gasteiger partial charge in [0.2, 0.25) is 5.91 Å². The van der Waals surface area contributed by atoms with Crippen molar-refractivity contribution < 1.29 is 9.53 Å². The van der Waals surface area contributed by atoms with Crippen molar-refractivity contribution in [3.05, 3.63) is 23.8 Å². The number of benzene rings is 1. The van der Waals surface area contributed by atoms with Crippen LogP contribution in [0.4, 0.5) is 5.69 Å². The van der Waals surface area contributed by atoms with Crippen LogP contribution in [-0.2, 0) is 11.2 Å². The number of hydrogen-bond donors (Lipinski definition) is 1. The number of amides is 1. The molecule has 0 saturated heterocycles. The first-order valence-corrected chi connectivity index (χ1v) is 4.91. The largest absolute Gasteiger partial charge is 0.490 e. The molecule has 3 heteroatoms. The Morgan fingerprint density at radius 2 is 2.21 bits per heavy atom. The van der Waals surface area contributed by atoms with Crippen LogP contribution in [0.15, 0.2) is 18.2 Å². The molecule has 0 atom stereocenters. The van der Waals surface area contributed by atoms with Crippen LogP contribution in [0.2, 0.25) is 0 Å². The molecule has 2 aliphatic rings. The zero-order chi connectivity index (χ0) is 9.54. The number of fused-ring (bicyclic) bond motifs is 1. The van der Waals surface area contributed by atoms with E-state index in [2.05, 4.69) is 5.32 Å². The molecule has 0 unspecified atom stereocenters. The summed E-state index contributed by atoms with van der Waals surface area (Å²) in [5, 5.41) is 2.81. The minimum atomic E-state index is 0.0728. The van der Waals surface area contributed by atoms with Gasteiger partial charge in [0.15, 0.2) is 0 Å². The molecule has 1 heterocycles.